The summed E-state index contributed by atoms with van der Waals surface area (Å²) in [6, 6.07) is 1.50. The molecule has 1 amide bonds. The molecular formula is C22H27ClFN5O2. The molecule has 0 saturated heterocycles. The third kappa shape index (κ3) is 4.17. The number of amidine groups is 2. The van der Waals surface area contributed by atoms with Crippen LogP contribution >= 0.6 is 11.6 Å². The molecular weight excluding hydrogens is 421 g/mol. The van der Waals surface area contributed by atoms with Crippen LogP contribution in [0.4, 0.5) is 4.39 Å². The highest BCUT2D eigenvalue weighted by Gasteiger charge is 2.34. The molecule has 0 saturated carbocycles. The lowest BCUT2D eigenvalue weighted by molar-refractivity contribution is 0.0816. The van der Waals surface area contributed by atoms with E-state index in [-0.39, 0.29) is 28.4 Å². The first kappa shape index (κ1) is 22.8. The summed E-state index contributed by atoms with van der Waals surface area (Å²) in [6.45, 7) is 7.95. The summed E-state index contributed by atoms with van der Waals surface area (Å²) in [4.78, 5) is 24.9. The number of aliphatic imine (C=N–C) groups is 2. The molecule has 166 valence electrons. The van der Waals surface area contributed by atoms with Gasteiger partial charge in [0.15, 0.2) is 5.82 Å². The molecule has 0 aromatic heterocycles. The third-order valence-electron chi connectivity index (χ3n) is 5.07. The van der Waals surface area contributed by atoms with Gasteiger partial charge in [0.25, 0.3) is 5.91 Å². The van der Waals surface area contributed by atoms with Crippen molar-refractivity contribution in [2.75, 3.05) is 20.6 Å². The van der Waals surface area contributed by atoms with Crippen molar-refractivity contribution in [1.82, 2.24) is 9.80 Å². The van der Waals surface area contributed by atoms with Crippen molar-refractivity contribution in [1.29, 1.82) is 0 Å². The number of carbonyl (C=O) groups is 1. The largest absolute Gasteiger partial charge is 0.490 e. The second-order valence-electron chi connectivity index (χ2n) is 8.04. The molecule has 0 bridgehead atoms. The van der Waals surface area contributed by atoms with E-state index >= 15 is 4.39 Å². The summed E-state index contributed by atoms with van der Waals surface area (Å²) in [6.07, 6.45) is 3.09. The van der Waals surface area contributed by atoms with Crippen molar-refractivity contribution in [3.63, 3.8) is 0 Å². The lowest BCUT2D eigenvalue weighted by atomic mass is 9.93. The fraction of sp³-hybridized carbons (Fsp3) is 0.409. The van der Waals surface area contributed by atoms with Crippen molar-refractivity contribution in [2.24, 2.45) is 15.7 Å². The fourth-order valence-electron chi connectivity index (χ4n) is 3.62. The molecule has 2 aliphatic heterocycles. The van der Waals surface area contributed by atoms with Gasteiger partial charge in [0.1, 0.15) is 23.0 Å². The monoisotopic (exact) mass is 447 g/mol. The predicted molar refractivity (Wildman–Crippen MR) is 121 cm³/mol. The predicted octanol–water partition coefficient (Wildman–Crippen LogP) is 3.90. The van der Waals surface area contributed by atoms with Gasteiger partial charge in [-0.25, -0.2) is 9.38 Å². The number of benzene rings is 1. The lowest BCUT2D eigenvalue weighted by Gasteiger charge is -2.35. The molecule has 0 aliphatic carbocycles. The van der Waals surface area contributed by atoms with E-state index in [0.29, 0.717) is 23.8 Å². The van der Waals surface area contributed by atoms with E-state index in [0.717, 1.165) is 11.3 Å². The van der Waals surface area contributed by atoms with Crippen LogP contribution in [0.1, 0.15) is 49.5 Å². The van der Waals surface area contributed by atoms with E-state index in [2.05, 4.69) is 4.99 Å². The van der Waals surface area contributed by atoms with Gasteiger partial charge in [0.2, 0.25) is 0 Å². The highest BCUT2D eigenvalue weighted by molar-refractivity contribution is 6.31. The van der Waals surface area contributed by atoms with E-state index in [1.54, 1.807) is 26.5 Å². The average Bonchev–Trinajstić information content (AvgIpc) is 2.69. The highest BCUT2D eigenvalue weighted by Crippen LogP contribution is 2.39. The van der Waals surface area contributed by atoms with Gasteiger partial charge in [0.05, 0.1) is 23.4 Å². The van der Waals surface area contributed by atoms with Gasteiger partial charge in [-0.2, -0.15) is 0 Å². The molecule has 2 heterocycles. The number of nitrogens with two attached hydrogens (primary N) is 1. The summed E-state index contributed by atoms with van der Waals surface area (Å²) >= 11 is 6.23. The van der Waals surface area contributed by atoms with Gasteiger partial charge < -0.3 is 15.4 Å². The number of rotatable bonds is 5. The second kappa shape index (κ2) is 8.70. The van der Waals surface area contributed by atoms with E-state index in [4.69, 9.17) is 27.1 Å². The molecule has 2 N–H and O–H groups in total. The summed E-state index contributed by atoms with van der Waals surface area (Å²) in [7, 11) is 3.10. The number of amides is 1. The van der Waals surface area contributed by atoms with Gasteiger partial charge in [-0.05, 0) is 32.4 Å². The summed E-state index contributed by atoms with van der Waals surface area (Å²) in [5, 5.41) is -0.151. The van der Waals surface area contributed by atoms with Crippen molar-refractivity contribution in [2.45, 2.75) is 39.7 Å². The number of hydrogen-bond donors (Lipinski definition) is 1. The molecule has 0 radical (unpaired) electrons. The fourth-order valence-corrected chi connectivity index (χ4v) is 3.83. The molecule has 0 unspecified atom stereocenters. The van der Waals surface area contributed by atoms with Crippen LogP contribution in [0, 0.1) is 5.82 Å². The number of carbonyl (C=O) groups excluding carboxylic acids is 1. The minimum absolute atomic E-state index is 0.151. The van der Waals surface area contributed by atoms with E-state index in [1.165, 1.54) is 11.0 Å². The van der Waals surface area contributed by atoms with Crippen LogP contribution < -0.4 is 10.5 Å². The van der Waals surface area contributed by atoms with Gasteiger partial charge in [-0.15, -0.1) is 0 Å². The van der Waals surface area contributed by atoms with Gasteiger partial charge in [0, 0.05) is 38.0 Å². The maximum absolute atomic E-state index is 15.0. The number of hydrogen-bond acceptors (Lipinski definition) is 6. The zero-order valence-corrected chi connectivity index (χ0v) is 19.3. The molecule has 7 nitrogen and oxygen atoms in total. The maximum Gasteiger partial charge on any atom is 0.260 e. The maximum atomic E-state index is 15.0. The molecule has 1 atom stereocenters. The second-order valence-corrected chi connectivity index (χ2v) is 8.45. The summed E-state index contributed by atoms with van der Waals surface area (Å²) in [5.41, 5.74) is 8.26. The normalized spacial score (nSPS) is 16.7. The Hall–Kier alpha value is -2.87. The molecule has 31 heavy (non-hydrogen) atoms. The smallest absolute Gasteiger partial charge is 0.260 e. The molecule has 1 aromatic rings. The van der Waals surface area contributed by atoms with Crippen molar-refractivity contribution >= 4 is 29.2 Å². The first-order valence-electron chi connectivity index (χ1n) is 9.98. The standard InChI is InChI=1S/C22H27ClFN5O2/c1-11(2)31-19-14(9-15(23)17(24)16(19)22(30)28(5)6)13(4)21-27-10-12(3)18-20(25)26-7-8-29(18)21/h7-9,11,13H,10H2,1-6H3,(H2,25,26)/t13-/m0/s1. The Balaban J connectivity index is 2.17. The van der Waals surface area contributed by atoms with E-state index < -0.39 is 11.7 Å². The van der Waals surface area contributed by atoms with Crippen LogP contribution in [-0.2, 0) is 0 Å². The topological polar surface area (TPSA) is 83.5 Å². The molecule has 9 heteroatoms. The van der Waals surface area contributed by atoms with Crippen LogP contribution in [0.5, 0.6) is 5.75 Å². The number of ether oxygens (including phenoxy) is 1. The SMILES string of the molecule is CC1=C2C(N)=NC=CN2C([C@@H](C)c2cc(Cl)c(F)c(C(=O)N(C)C)c2OC(C)C)=NC1. The first-order chi connectivity index (χ1) is 14.5. The lowest BCUT2D eigenvalue weighted by Crippen LogP contribution is -2.40. The Labute approximate surface area is 186 Å². The average molecular weight is 448 g/mol. The van der Waals surface area contributed by atoms with Crippen molar-refractivity contribution < 1.29 is 13.9 Å². The zero-order valence-electron chi connectivity index (χ0n) is 18.5. The van der Waals surface area contributed by atoms with E-state index in [9.17, 15) is 4.79 Å². The Bertz CT molecular complexity index is 1040. The van der Waals surface area contributed by atoms with Crippen LogP contribution in [0.3, 0.4) is 0 Å². The number of halogens is 2. The summed E-state index contributed by atoms with van der Waals surface area (Å²) in [5.74, 6) is -0.461. The van der Waals surface area contributed by atoms with E-state index in [1.807, 2.05) is 32.6 Å². The Morgan fingerprint density at radius 2 is 2.03 bits per heavy atom. The minimum atomic E-state index is -0.803. The van der Waals surface area contributed by atoms with Gasteiger partial charge in [-0.3, -0.25) is 14.7 Å². The highest BCUT2D eigenvalue weighted by atomic mass is 35.5. The number of fused-ring (bicyclic) bond motifs is 1. The van der Waals surface area contributed by atoms with Crippen LogP contribution in [0.25, 0.3) is 0 Å². The van der Waals surface area contributed by atoms with Crippen LogP contribution in [-0.4, -0.2) is 54.1 Å². The Morgan fingerprint density at radius 1 is 1.35 bits per heavy atom. The van der Waals surface area contributed by atoms with Crippen molar-refractivity contribution in [3.05, 3.63) is 51.7 Å². The van der Waals surface area contributed by atoms with Gasteiger partial charge in [-0.1, -0.05) is 18.5 Å². The molecule has 0 fully saturated rings. The quantitative estimate of drug-likeness (QED) is 0.741. The Morgan fingerprint density at radius 3 is 2.65 bits per heavy atom. The van der Waals surface area contributed by atoms with Crippen LogP contribution in [0.15, 0.2) is 39.7 Å². The third-order valence-corrected chi connectivity index (χ3v) is 5.35. The molecule has 3 rings (SSSR count). The summed E-state index contributed by atoms with van der Waals surface area (Å²) < 4.78 is 21.0. The minimum Gasteiger partial charge on any atom is -0.490 e. The number of nitrogens with zero attached hydrogens (tertiary/aromatic N) is 4. The molecule has 2 aliphatic rings. The zero-order chi connectivity index (χ0) is 23.0. The van der Waals surface area contributed by atoms with Crippen LogP contribution in [0.2, 0.25) is 5.02 Å². The molecule has 1 aromatic carbocycles. The van der Waals surface area contributed by atoms with Gasteiger partial charge >= 0.3 is 0 Å². The molecule has 0 spiro atoms. The Kier molecular flexibility index (Phi) is 6.40. The van der Waals surface area contributed by atoms with Crippen molar-refractivity contribution in [3.8, 4) is 5.75 Å². The first-order valence-corrected chi connectivity index (χ1v) is 10.4.